The van der Waals surface area contributed by atoms with Crippen molar-refractivity contribution in [2.24, 2.45) is 11.7 Å². The second-order valence-corrected chi connectivity index (χ2v) is 5.39. The average Bonchev–Trinajstić information content (AvgIpc) is 2.37. The smallest absolute Gasteiger partial charge is 0.310 e. The van der Waals surface area contributed by atoms with Crippen LogP contribution >= 0.6 is 11.6 Å². The normalized spacial score (nSPS) is 23.4. The lowest BCUT2D eigenvalue weighted by Crippen LogP contribution is -2.49. The number of benzene rings is 1. The number of nitro groups is 1. The molecule has 1 aromatic rings. The summed E-state index contributed by atoms with van der Waals surface area (Å²) in [5.41, 5.74) is 6.41. The van der Waals surface area contributed by atoms with Crippen molar-refractivity contribution in [3.8, 4) is 0 Å². The number of piperidine rings is 1. The number of hydrogen-bond acceptors (Lipinski definition) is 4. The van der Waals surface area contributed by atoms with Crippen LogP contribution in [0, 0.1) is 16.0 Å². The summed E-state index contributed by atoms with van der Waals surface area (Å²) in [5, 5.41) is 11.4. The van der Waals surface area contributed by atoms with E-state index >= 15 is 0 Å². The van der Waals surface area contributed by atoms with Crippen molar-refractivity contribution in [3.63, 3.8) is 0 Å². The van der Waals surface area contributed by atoms with E-state index in [2.05, 4.69) is 6.92 Å². The minimum Gasteiger partial charge on any atom is -0.361 e. The first-order valence-corrected chi connectivity index (χ1v) is 6.83. The zero-order valence-corrected chi connectivity index (χ0v) is 11.6. The highest BCUT2D eigenvalue weighted by Gasteiger charge is 2.32. The molecule has 5 nitrogen and oxygen atoms in total. The van der Waals surface area contributed by atoms with Crippen LogP contribution in [0.25, 0.3) is 0 Å². The van der Waals surface area contributed by atoms with E-state index in [0.717, 1.165) is 19.4 Å². The quantitative estimate of drug-likeness (QED) is 0.684. The zero-order chi connectivity index (χ0) is 14.0. The van der Waals surface area contributed by atoms with Crippen LogP contribution in [0.5, 0.6) is 0 Å². The molecule has 1 heterocycles. The first-order chi connectivity index (χ1) is 9.06. The molecule has 1 aliphatic heterocycles. The molecular weight excluding hydrogens is 266 g/mol. The number of para-hydroxylation sites is 1. The summed E-state index contributed by atoms with van der Waals surface area (Å²) in [6.07, 6.45) is 2.12. The molecule has 6 heteroatoms. The summed E-state index contributed by atoms with van der Waals surface area (Å²) in [6.45, 7) is 3.41. The van der Waals surface area contributed by atoms with Crippen molar-refractivity contribution >= 4 is 23.0 Å². The maximum atomic E-state index is 11.2. The summed E-state index contributed by atoms with van der Waals surface area (Å²) in [7, 11) is 0. The molecule has 1 saturated heterocycles. The molecule has 0 amide bonds. The van der Waals surface area contributed by atoms with Gasteiger partial charge in [-0.15, -0.1) is 0 Å². The Hall–Kier alpha value is -1.33. The van der Waals surface area contributed by atoms with E-state index in [1.165, 1.54) is 0 Å². The number of anilines is 1. The Balaban J connectivity index is 2.45. The van der Waals surface area contributed by atoms with Crippen LogP contribution in [0.1, 0.15) is 19.8 Å². The van der Waals surface area contributed by atoms with Gasteiger partial charge < -0.3 is 10.6 Å². The fourth-order valence-corrected chi connectivity index (χ4v) is 3.06. The molecular formula is C13H18ClN3O2. The summed E-state index contributed by atoms with van der Waals surface area (Å²) in [6, 6.07) is 5.18. The Morgan fingerprint density at radius 3 is 2.95 bits per heavy atom. The summed E-state index contributed by atoms with van der Waals surface area (Å²) < 4.78 is 0. The second-order valence-electron chi connectivity index (χ2n) is 4.98. The van der Waals surface area contributed by atoms with Crippen molar-refractivity contribution in [1.82, 2.24) is 0 Å². The highest BCUT2D eigenvalue weighted by molar-refractivity contribution is 6.33. The van der Waals surface area contributed by atoms with E-state index in [9.17, 15) is 10.1 Å². The van der Waals surface area contributed by atoms with E-state index in [0.29, 0.717) is 18.2 Å². The Bertz CT molecular complexity index is 481. The SMILES string of the molecule is CC1CCCN(c2cccc(Cl)c2[N+](=O)[O-])C1CN. The molecule has 0 aliphatic carbocycles. The van der Waals surface area contributed by atoms with Crippen LogP contribution in [0.15, 0.2) is 18.2 Å². The third-order valence-corrected chi connectivity index (χ3v) is 4.12. The molecule has 1 fully saturated rings. The molecule has 0 aromatic heterocycles. The number of halogens is 1. The monoisotopic (exact) mass is 283 g/mol. The molecule has 2 unspecified atom stereocenters. The van der Waals surface area contributed by atoms with Crippen LogP contribution in [0.4, 0.5) is 11.4 Å². The molecule has 0 bridgehead atoms. The van der Waals surface area contributed by atoms with E-state index in [-0.39, 0.29) is 16.8 Å². The summed E-state index contributed by atoms with van der Waals surface area (Å²) in [4.78, 5) is 12.9. The minimum atomic E-state index is -0.412. The van der Waals surface area contributed by atoms with Crippen LogP contribution in [0.2, 0.25) is 5.02 Å². The predicted octanol–water partition coefficient (Wildman–Crippen LogP) is 2.81. The number of rotatable bonds is 3. The zero-order valence-electron chi connectivity index (χ0n) is 10.9. The van der Waals surface area contributed by atoms with E-state index in [4.69, 9.17) is 17.3 Å². The van der Waals surface area contributed by atoms with Crippen LogP contribution in [0.3, 0.4) is 0 Å². The van der Waals surface area contributed by atoms with Gasteiger partial charge >= 0.3 is 5.69 Å². The molecule has 0 saturated carbocycles. The second kappa shape index (κ2) is 5.75. The van der Waals surface area contributed by atoms with Gasteiger partial charge in [-0.3, -0.25) is 10.1 Å². The van der Waals surface area contributed by atoms with Crippen molar-refractivity contribution < 1.29 is 4.92 Å². The Kier molecular flexibility index (Phi) is 4.27. The lowest BCUT2D eigenvalue weighted by molar-refractivity contribution is -0.384. The number of nitro benzene ring substituents is 1. The Morgan fingerprint density at radius 1 is 1.58 bits per heavy atom. The van der Waals surface area contributed by atoms with Gasteiger partial charge in [0.1, 0.15) is 10.7 Å². The lowest BCUT2D eigenvalue weighted by atomic mass is 9.90. The van der Waals surface area contributed by atoms with E-state index in [1.54, 1.807) is 18.2 Å². The van der Waals surface area contributed by atoms with Gasteiger partial charge in [-0.1, -0.05) is 24.6 Å². The molecule has 2 atom stereocenters. The molecule has 0 spiro atoms. The Morgan fingerprint density at radius 2 is 2.32 bits per heavy atom. The fourth-order valence-electron chi connectivity index (χ4n) is 2.82. The van der Waals surface area contributed by atoms with Gasteiger partial charge in [0, 0.05) is 19.1 Å². The highest BCUT2D eigenvalue weighted by Crippen LogP contribution is 2.38. The van der Waals surface area contributed by atoms with Gasteiger partial charge in [-0.05, 0) is 30.9 Å². The third-order valence-electron chi connectivity index (χ3n) is 3.81. The Labute approximate surface area is 117 Å². The van der Waals surface area contributed by atoms with Crippen molar-refractivity contribution in [1.29, 1.82) is 0 Å². The summed E-state index contributed by atoms with van der Waals surface area (Å²) >= 11 is 5.97. The van der Waals surface area contributed by atoms with Crippen LogP contribution < -0.4 is 10.6 Å². The number of nitrogens with two attached hydrogens (primary N) is 1. The predicted molar refractivity (Wildman–Crippen MR) is 76.7 cm³/mol. The molecule has 2 N–H and O–H groups in total. The maximum absolute atomic E-state index is 11.2. The van der Waals surface area contributed by atoms with Gasteiger partial charge in [0.05, 0.1) is 4.92 Å². The van der Waals surface area contributed by atoms with Crippen LogP contribution in [-0.2, 0) is 0 Å². The highest BCUT2D eigenvalue weighted by atomic mass is 35.5. The van der Waals surface area contributed by atoms with E-state index in [1.807, 2.05) is 4.90 Å². The fraction of sp³-hybridized carbons (Fsp3) is 0.538. The van der Waals surface area contributed by atoms with Gasteiger partial charge in [-0.2, -0.15) is 0 Å². The number of hydrogen-bond donors (Lipinski definition) is 1. The van der Waals surface area contributed by atoms with Crippen molar-refractivity contribution in [2.75, 3.05) is 18.0 Å². The molecule has 2 rings (SSSR count). The van der Waals surface area contributed by atoms with Gasteiger partial charge in [0.2, 0.25) is 0 Å². The third kappa shape index (κ3) is 2.67. The van der Waals surface area contributed by atoms with Gasteiger partial charge in [0.25, 0.3) is 0 Å². The first-order valence-electron chi connectivity index (χ1n) is 6.46. The van der Waals surface area contributed by atoms with Gasteiger partial charge in [-0.25, -0.2) is 0 Å². The first kappa shape index (κ1) is 14.1. The standard InChI is InChI=1S/C13H18ClN3O2/c1-9-4-3-7-16(12(9)8-15)11-6-2-5-10(14)13(11)17(18)19/h2,5-6,9,12H,3-4,7-8,15H2,1H3. The topological polar surface area (TPSA) is 72.4 Å². The summed E-state index contributed by atoms with van der Waals surface area (Å²) in [5.74, 6) is 0.428. The maximum Gasteiger partial charge on any atom is 0.310 e. The number of nitrogens with zero attached hydrogens (tertiary/aromatic N) is 2. The minimum absolute atomic E-state index is 0.0169. The van der Waals surface area contributed by atoms with Gasteiger partial charge in [0.15, 0.2) is 0 Å². The molecule has 1 aromatic carbocycles. The molecule has 19 heavy (non-hydrogen) atoms. The largest absolute Gasteiger partial charge is 0.361 e. The molecule has 0 radical (unpaired) electrons. The molecule has 104 valence electrons. The van der Waals surface area contributed by atoms with Crippen molar-refractivity contribution in [3.05, 3.63) is 33.3 Å². The lowest BCUT2D eigenvalue weighted by Gasteiger charge is -2.40. The van der Waals surface area contributed by atoms with E-state index < -0.39 is 4.92 Å². The van der Waals surface area contributed by atoms with Crippen molar-refractivity contribution in [2.45, 2.75) is 25.8 Å². The molecule has 1 aliphatic rings. The van der Waals surface area contributed by atoms with Crippen LogP contribution in [-0.4, -0.2) is 24.1 Å². The average molecular weight is 284 g/mol.